The van der Waals surface area contributed by atoms with Crippen molar-refractivity contribution in [2.45, 2.75) is 6.42 Å². The molecule has 152 valence electrons. The molecule has 0 unspecified atom stereocenters. The van der Waals surface area contributed by atoms with E-state index in [-0.39, 0.29) is 6.67 Å². The van der Waals surface area contributed by atoms with E-state index in [1.54, 1.807) is 18.4 Å². The van der Waals surface area contributed by atoms with Crippen molar-refractivity contribution < 1.29 is 9.13 Å². The van der Waals surface area contributed by atoms with Crippen LogP contribution in [-0.4, -0.2) is 25.3 Å². The number of thiazole rings is 1. The maximum atomic E-state index is 12.2. The van der Waals surface area contributed by atoms with Crippen molar-refractivity contribution in [3.8, 4) is 16.3 Å². The number of methoxy groups -OCH3 is 1. The molecule has 0 saturated carbocycles. The van der Waals surface area contributed by atoms with Crippen molar-refractivity contribution in [3.05, 3.63) is 77.9 Å². The Morgan fingerprint density at radius 3 is 2.33 bits per heavy atom. The highest BCUT2D eigenvalue weighted by molar-refractivity contribution is 7.21. The standard InChI is InChI=1S/C25H23FN2OS/c1-29-22-13-14-23-24(17-22)30-25(28-23)20-9-5-18(6-10-20)3-4-19-7-11-21(12-8-19)27-16-2-15-26/h3-14,17,27H,2,15-16H2,1H3/b4-3+. The number of benzene rings is 3. The van der Waals surface area contributed by atoms with Gasteiger partial charge in [0.25, 0.3) is 0 Å². The van der Waals surface area contributed by atoms with Crippen LogP contribution in [0.1, 0.15) is 17.5 Å². The van der Waals surface area contributed by atoms with Gasteiger partial charge in [0.1, 0.15) is 10.8 Å². The molecule has 0 bridgehead atoms. The van der Waals surface area contributed by atoms with Gasteiger partial charge in [0.05, 0.1) is 24.0 Å². The van der Waals surface area contributed by atoms with Crippen molar-refractivity contribution in [1.29, 1.82) is 0 Å². The van der Waals surface area contributed by atoms with Gasteiger partial charge in [0.15, 0.2) is 0 Å². The lowest BCUT2D eigenvalue weighted by atomic mass is 10.1. The fourth-order valence-electron chi connectivity index (χ4n) is 3.10. The van der Waals surface area contributed by atoms with E-state index in [1.165, 1.54) is 0 Å². The lowest BCUT2D eigenvalue weighted by molar-refractivity contribution is 0.415. The third kappa shape index (κ3) is 4.86. The number of anilines is 1. The van der Waals surface area contributed by atoms with Crippen LogP contribution < -0.4 is 10.1 Å². The lowest BCUT2D eigenvalue weighted by Gasteiger charge is -2.04. The largest absolute Gasteiger partial charge is 0.497 e. The topological polar surface area (TPSA) is 34.1 Å². The van der Waals surface area contributed by atoms with Crippen molar-refractivity contribution in [1.82, 2.24) is 4.98 Å². The summed E-state index contributed by atoms with van der Waals surface area (Å²) in [4.78, 5) is 4.73. The minimum absolute atomic E-state index is 0.291. The number of nitrogens with zero attached hydrogens (tertiary/aromatic N) is 1. The number of fused-ring (bicyclic) bond motifs is 1. The number of hydrogen-bond donors (Lipinski definition) is 1. The molecule has 0 amide bonds. The van der Waals surface area contributed by atoms with Crippen molar-refractivity contribution in [3.63, 3.8) is 0 Å². The van der Waals surface area contributed by atoms with Gasteiger partial charge >= 0.3 is 0 Å². The van der Waals surface area contributed by atoms with E-state index in [0.717, 1.165) is 43.4 Å². The van der Waals surface area contributed by atoms with Crippen molar-refractivity contribution >= 4 is 39.4 Å². The average molecular weight is 419 g/mol. The Hall–Kier alpha value is -3.18. The monoisotopic (exact) mass is 418 g/mol. The summed E-state index contributed by atoms with van der Waals surface area (Å²) >= 11 is 1.67. The second-order valence-corrected chi connectivity index (χ2v) is 7.93. The summed E-state index contributed by atoms with van der Waals surface area (Å²) in [6, 6.07) is 22.5. The molecule has 5 heteroatoms. The Balaban J connectivity index is 1.43. The van der Waals surface area contributed by atoms with E-state index < -0.39 is 0 Å². The number of rotatable bonds is 8. The zero-order chi connectivity index (χ0) is 20.8. The Morgan fingerprint density at radius 1 is 0.967 bits per heavy atom. The van der Waals surface area contributed by atoms with Crippen LogP contribution in [0, 0.1) is 0 Å². The van der Waals surface area contributed by atoms with Gasteiger partial charge in [-0.2, -0.15) is 0 Å². The molecule has 0 atom stereocenters. The van der Waals surface area contributed by atoms with Crippen LogP contribution in [0.4, 0.5) is 10.1 Å². The summed E-state index contributed by atoms with van der Waals surface area (Å²) in [5.74, 6) is 0.849. The van der Waals surface area contributed by atoms with Crippen LogP contribution in [0.15, 0.2) is 66.7 Å². The second-order valence-electron chi connectivity index (χ2n) is 6.90. The maximum absolute atomic E-state index is 12.2. The predicted octanol–water partition coefficient (Wildman–Crippen LogP) is 6.91. The number of alkyl halides is 1. The van der Waals surface area contributed by atoms with E-state index in [4.69, 9.17) is 9.72 Å². The molecule has 1 N–H and O–H groups in total. The SMILES string of the molecule is COc1ccc2nc(-c3ccc(/C=C/c4ccc(NCCCF)cc4)cc3)sc2c1. The first-order valence-corrected chi connectivity index (χ1v) is 10.7. The van der Waals surface area contributed by atoms with Crippen LogP contribution in [0.2, 0.25) is 0 Å². The maximum Gasteiger partial charge on any atom is 0.124 e. The molecule has 0 aliphatic heterocycles. The number of aromatic nitrogens is 1. The lowest BCUT2D eigenvalue weighted by Crippen LogP contribution is -2.01. The fraction of sp³-hybridized carbons (Fsp3) is 0.160. The van der Waals surface area contributed by atoms with Crippen LogP contribution >= 0.6 is 11.3 Å². The Labute approximate surface area is 179 Å². The normalized spacial score (nSPS) is 11.3. The third-order valence-electron chi connectivity index (χ3n) is 4.77. The summed E-state index contributed by atoms with van der Waals surface area (Å²) in [6.07, 6.45) is 4.71. The van der Waals surface area contributed by atoms with Crippen LogP contribution in [0.25, 0.3) is 32.9 Å². The van der Waals surface area contributed by atoms with Gasteiger partial charge in [-0.1, -0.05) is 48.6 Å². The minimum atomic E-state index is -0.291. The molecule has 3 aromatic carbocycles. The highest BCUT2D eigenvalue weighted by Gasteiger charge is 2.07. The van der Waals surface area contributed by atoms with E-state index in [1.807, 2.05) is 30.3 Å². The molecule has 1 heterocycles. The van der Waals surface area contributed by atoms with E-state index in [9.17, 15) is 4.39 Å². The summed E-state index contributed by atoms with van der Waals surface area (Å²) in [7, 11) is 1.68. The minimum Gasteiger partial charge on any atom is -0.497 e. The first-order chi connectivity index (χ1) is 14.7. The number of halogens is 1. The Morgan fingerprint density at radius 2 is 1.67 bits per heavy atom. The van der Waals surface area contributed by atoms with Crippen LogP contribution in [0.3, 0.4) is 0 Å². The quantitative estimate of drug-likeness (QED) is 0.249. The van der Waals surface area contributed by atoms with Gasteiger partial charge in [-0.15, -0.1) is 11.3 Å². The second kappa shape index (κ2) is 9.55. The van der Waals surface area contributed by atoms with Gasteiger partial charge in [0.2, 0.25) is 0 Å². The molecule has 4 rings (SSSR count). The summed E-state index contributed by atoms with van der Waals surface area (Å²) in [6.45, 7) is 0.362. The first kappa shape index (κ1) is 20.1. The molecule has 0 radical (unpaired) electrons. The highest BCUT2D eigenvalue weighted by atomic mass is 32.1. The molecule has 3 nitrogen and oxygen atoms in total. The molecule has 4 aromatic rings. The average Bonchev–Trinajstić information content (AvgIpc) is 3.22. The molecule has 0 aliphatic carbocycles. The van der Waals surface area contributed by atoms with E-state index in [0.29, 0.717) is 13.0 Å². The number of ether oxygens (including phenoxy) is 1. The smallest absolute Gasteiger partial charge is 0.124 e. The number of nitrogens with one attached hydrogen (secondary N) is 1. The molecule has 0 aliphatic rings. The third-order valence-corrected chi connectivity index (χ3v) is 5.84. The van der Waals surface area contributed by atoms with Crippen LogP contribution in [0.5, 0.6) is 5.75 Å². The first-order valence-electron chi connectivity index (χ1n) is 9.88. The van der Waals surface area contributed by atoms with E-state index >= 15 is 0 Å². The van der Waals surface area contributed by atoms with Crippen molar-refractivity contribution in [2.24, 2.45) is 0 Å². The number of hydrogen-bond acceptors (Lipinski definition) is 4. The van der Waals surface area contributed by atoms with Gasteiger partial charge in [0, 0.05) is 17.8 Å². The van der Waals surface area contributed by atoms with Gasteiger partial charge in [-0.25, -0.2) is 4.98 Å². The Bertz CT molecular complexity index is 1130. The predicted molar refractivity (Wildman–Crippen MR) is 126 cm³/mol. The molecule has 0 fully saturated rings. The molecular formula is C25H23FN2OS. The molecule has 1 aromatic heterocycles. The summed E-state index contributed by atoms with van der Waals surface area (Å²) < 4.78 is 18.6. The van der Waals surface area contributed by atoms with Crippen molar-refractivity contribution in [2.75, 3.05) is 25.6 Å². The summed E-state index contributed by atoms with van der Waals surface area (Å²) in [5.41, 5.74) is 5.36. The van der Waals surface area contributed by atoms with Gasteiger partial charge in [-0.05, 0) is 47.9 Å². The Kier molecular flexibility index (Phi) is 6.40. The van der Waals surface area contributed by atoms with Crippen LogP contribution in [-0.2, 0) is 0 Å². The molecule has 30 heavy (non-hydrogen) atoms. The fourth-order valence-corrected chi connectivity index (χ4v) is 4.10. The van der Waals surface area contributed by atoms with Gasteiger partial charge < -0.3 is 10.1 Å². The highest BCUT2D eigenvalue weighted by Crippen LogP contribution is 2.32. The molecule has 0 saturated heterocycles. The van der Waals surface area contributed by atoms with E-state index in [2.05, 4.69) is 53.9 Å². The van der Waals surface area contributed by atoms with Gasteiger partial charge in [-0.3, -0.25) is 4.39 Å². The zero-order valence-corrected chi connectivity index (χ0v) is 17.6. The molecule has 0 spiro atoms. The molecular weight excluding hydrogens is 395 g/mol. The zero-order valence-electron chi connectivity index (χ0n) is 16.8. The summed E-state index contributed by atoms with van der Waals surface area (Å²) in [5, 5.41) is 4.21.